The molecule has 2 rings (SSSR count). The Morgan fingerprint density at radius 3 is 2.85 bits per heavy atom. The minimum Gasteiger partial charge on any atom is -0.384 e. The number of nitrogens with zero attached hydrogens (tertiary/aromatic N) is 2. The van der Waals surface area contributed by atoms with Gasteiger partial charge in [-0.3, -0.25) is 5.41 Å². The van der Waals surface area contributed by atoms with Crippen molar-refractivity contribution < 1.29 is 0 Å². The van der Waals surface area contributed by atoms with Gasteiger partial charge in [-0.1, -0.05) is 18.5 Å². The van der Waals surface area contributed by atoms with Crippen LogP contribution in [0.15, 0.2) is 18.2 Å². The third-order valence-corrected chi connectivity index (χ3v) is 4.17. The molecular formula is C15H23ClN4. The summed E-state index contributed by atoms with van der Waals surface area (Å²) < 4.78 is 0. The molecule has 0 radical (unpaired) electrons. The van der Waals surface area contributed by atoms with Crippen molar-refractivity contribution in [2.75, 3.05) is 31.6 Å². The summed E-state index contributed by atoms with van der Waals surface area (Å²) in [5.74, 6) is 0.0787. The number of benzene rings is 1. The molecule has 1 saturated heterocycles. The van der Waals surface area contributed by atoms with Crippen molar-refractivity contribution in [1.29, 1.82) is 5.41 Å². The number of nitrogen functional groups attached to an aromatic ring is 1. The molecule has 0 saturated carbocycles. The highest BCUT2D eigenvalue weighted by Crippen LogP contribution is 2.28. The molecule has 1 aromatic carbocycles. The summed E-state index contributed by atoms with van der Waals surface area (Å²) in [4.78, 5) is 4.76. The van der Waals surface area contributed by atoms with E-state index in [4.69, 9.17) is 22.7 Å². The fourth-order valence-electron chi connectivity index (χ4n) is 2.88. The van der Waals surface area contributed by atoms with E-state index < -0.39 is 0 Å². The molecule has 0 aromatic heterocycles. The predicted molar refractivity (Wildman–Crippen MR) is 86.0 cm³/mol. The summed E-state index contributed by atoms with van der Waals surface area (Å²) in [6, 6.07) is 6.11. The molecule has 1 unspecified atom stereocenters. The zero-order chi connectivity index (χ0) is 14.7. The highest BCUT2D eigenvalue weighted by Gasteiger charge is 2.24. The van der Waals surface area contributed by atoms with Crippen molar-refractivity contribution in [2.45, 2.75) is 25.8 Å². The maximum absolute atomic E-state index is 7.79. The summed E-state index contributed by atoms with van der Waals surface area (Å²) in [5.41, 5.74) is 7.50. The second-order valence-corrected chi connectivity index (χ2v) is 5.88. The van der Waals surface area contributed by atoms with Crippen LogP contribution in [0.1, 0.15) is 25.3 Å². The minimum absolute atomic E-state index is 0.0787. The van der Waals surface area contributed by atoms with Crippen molar-refractivity contribution in [3.05, 3.63) is 28.8 Å². The average Bonchev–Trinajstić information content (AvgIpc) is 2.60. The van der Waals surface area contributed by atoms with Gasteiger partial charge in [-0.15, -0.1) is 0 Å². The number of hydrogen-bond donors (Lipinski definition) is 2. The molecule has 1 aliphatic rings. The molecule has 0 amide bonds. The van der Waals surface area contributed by atoms with Gasteiger partial charge < -0.3 is 15.5 Å². The number of amidine groups is 1. The fraction of sp³-hybridized carbons (Fsp3) is 0.533. The quantitative estimate of drug-likeness (QED) is 0.665. The summed E-state index contributed by atoms with van der Waals surface area (Å²) in [6.45, 7) is 5.34. The zero-order valence-corrected chi connectivity index (χ0v) is 13.0. The van der Waals surface area contributed by atoms with Gasteiger partial charge in [0.05, 0.1) is 0 Å². The van der Waals surface area contributed by atoms with E-state index >= 15 is 0 Å². The van der Waals surface area contributed by atoms with Crippen LogP contribution in [-0.4, -0.2) is 43.5 Å². The second kappa shape index (κ2) is 6.46. The Hall–Kier alpha value is -1.26. The number of rotatable bonds is 3. The Balaban J connectivity index is 2.39. The van der Waals surface area contributed by atoms with E-state index in [0.717, 1.165) is 43.7 Å². The molecule has 0 spiro atoms. The molecule has 0 bridgehead atoms. The van der Waals surface area contributed by atoms with Crippen LogP contribution in [0.3, 0.4) is 0 Å². The molecule has 1 fully saturated rings. The Kier molecular flexibility index (Phi) is 4.89. The summed E-state index contributed by atoms with van der Waals surface area (Å²) in [7, 11) is 2.17. The molecule has 1 aromatic rings. The fourth-order valence-corrected chi connectivity index (χ4v) is 3.06. The Labute approximate surface area is 126 Å². The zero-order valence-electron chi connectivity index (χ0n) is 12.2. The number of nitrogens with one attached hydrogen (secondary N) is 1. The second-order valence-electron chi connectivity index (χ2n) is 5.45. The first-order valence-corrected chi connectivity index (χ1v) is 7.49. The molecule has 0 aliphatic carbocycles. The van der Waals surface area contributed by atoms with Gasteiger partial charge in [0.15, 0.2) is 0 Å². The molecule has 110 valence electrons. The molecular weight excluding hydrogens is 272 g/mol. The highest BCUT2D eigenvalue weighted by atomic mass is 35.5. The van der Waals surface area contributed by atoms with E-state index in [-0.39, 0.29) is 5.84 Å². The van der Waals surface area contributed by atoms with E-state index in [2.05, 4.69) is 23.8 Å². The lowest BCUT2D eigenvalue weighted by molar-refractivity contribution is 0.328. The standard InChI is InChI=1S/C15H23ClN4/c1-3-12-10-19(2)7-4-8-20(12)14-6-5-11(16)9-13(14)15(17)18/h5-6,9,12H,3-4,7-8,10H2,1-2H3,(H3,17,18). The third kappa shape index (κ3) is 3.25. The number of halogens is 1. The first-order valence-electron chi connectivity index (χ1n) is 7.12. The van der Waals surface area contributed by atoms with E-state index in [1.807, 2.05) is 12.1 Å². The van der Waals surface area contributed by atoms with Gasteiger partial charge in [0.25, 0.3) is 0 Å². The third-order valence-electron chi connectivity index (χ3n) is 3.93. The van der Waals surface area contributed by atoms with Gasteiger partial charge in [0.1, 0.15) is 5.84 Å². The molecule has 4 nitrogen and oxygen atoms in total. The molecule has 5 heteroatoms. The van der Waals surface area contributed by atoms with Gasteiger partial charge in [-0.25, -0.2) is 0 Å². The first kappa shape index (κ1) is 15.1. The van der Waals surface area contributed by atoms with Crippen LogP contribution < -0.4 is 10.6 Å². The van der Waals surface area contributed by atoms with E-state index in [1.54, 1.807) is 6.07 Å². The predicted octanol–water partition coefficient (Wildman–Crippen LogP) is 2.54. The Morgan fingerprint density at radius 1 is 1.45 bits per heavy atom. The maximum atomic E-state index is 7.79. The van der Waals surface area contributed by atoms with Gasteiger partial charge in [0, 0.05) is 35.4 Å². The molecule has 1 aliphatic heterocycles. The molecule has 3 N–H and O–H groups in total. The van der Waals surface area contributed by atoms with Crippen molar-refractivity contribution >= 4 is 23.1 Å². The SMILES string of the molecule is CCC1CN(C)CCCN1c1ccc(Cl)cc1C(=N)N. The van der Waals surface area contributed by atoms with Crippen LogP contribution in [0.5, 0.6) is 0 Å². The van der Waals surface area contributed by atoms with Gasteiger partial charge in [0.2, 0.25) is 0 Å². The minimum atomic E-state index is 0.0787. The Bertz CT molecular complexity index is 489. The van der Waals surface area contributed by atoms with Crippen LogP contribution in [0.4, 0.5) is 5.69 Å². The largest absolute Gasteiger partial charge is 0.384 e. The van der Waals surface area contributed by atoms with E-state index in [1.165, 1.54) is 0 Å². The van der Waals surface area contributed by atoms with Crippen molar-refractivity contribution in [3.63, 3.8) is 0 Å². The number of nitrogens with two attached hydrogens (primary N) is 1. The molecule has 20 heavy (non-hydrogen) atoms. The van der Waals surface area contributed by atoms with Gasteiger partial charge in [-0.2, -0.15) is 0 Å². The average molecular weight is 295 g/mol. The van der Waals surface area contributed by atoms with Gasteiger partial charge >= 0.3 is 0 Å². The summed E-state index contributed by atoms with van der Waals surface area (Å²) >= 11 is 6.05. The lowest BCUT2D eigenvalue weighted by Crippen LogP contribution is -2.40. The van der Waals surface area contributed by atoms with Crippen LogP contribution in [0.25, 0.3) is 0 Å². The smallest absolute Gasteiger partial charge is 0.124 e. The normalized spacial score (nSPS) is 20.8. The van der Waals surface area contributed by atoms with Crippen molar-refractivity contribution in [1.82, 2.24) is 4.90 Å². The van der Waals surface area contributed by atoms with Crippen molar-refractivity contribution in [2.24, 2.45) is 5.73 Å². The highest BCUT2D eigenvalue weighted by molar-refractivity contribution is 6.31. The lowest BCUT2D eigenvalue weighted by atomic mass is 10.1. The monoisotopic (exact) mass is 294 g/mol. The molecule has 1 heterocycles. The Morgan fingerprint density at radius 2 is 2.20 bits per heavy atom. The summed E-state index contributed by atoms with van der Waals surface area (Å²) in [5, 5.41) is 8.41. The topological polar surface area (TPSA) is 56.4 Å². The van der Waals surface area contributed by atoms with Crippen LogP contribution in [0, 0.1) is 5.41 Å². The number of hydrogen-bond acceptors (Lipinski definition) is 3. The van der Waals surface area contributed by atoms with Gasteiger partial charge in [-0.05, 0) is 44.6 Å². The maximum Gasteiger partial charge on any atom is 0.124 e. The van der Waals surface area contributed by atoms with Crippen LogP contribution >= 0.6 is 11.6 Å². The number of anilines is 1. The van der Waals surface area contributed by atoms with E-state index in [0.29, 0.717) is 11.1 Å². The summed E-state index contributed by atoms with van der Waals surface area (Å²) in [6.07, 6.45) is 2.19. The van der Waals surface area contributed by atoms with Crippen molar-refractivity contribution in [3.8, 4) is 0 Å². The first-order chi connectivity index (χ1) is 9.52. The van der Waals surface area contributed by atoms with E-state index in [9.17, 15) is 0 Å². The van der Waals surface area contributed by atoms with Crippen LogP contribution in [0.2, 0.25) is 5.02 Å². The molecule has 1 atom stereocenters. The number of likely N-dealkylation sites (N-methyl/N-ethyl adjacent to an activating group) is 1. The van der Waals surface area contributed by atoms with Crippen LogP contribution in [-0.2, 0) is 0 Å². The lowest BCUT2D eigenvalue weighted by Gasteiger charge is -2.33.